The Morgan fingerprint density at radius 3 is 2.58 bits per heavy atom. The Labute approximate surface area is 114 Å². The number of nitrogens with one attached hydrogen (secondary N) is 1. The average molecular weight is 261 g/mol. The largest absolute Gasteiger partial charge is 0.345 e. The first-order chi connectivity index (χ1) is 9.09. The van der Waals surface area contributed by atoms with Crippen LogP contribution in [0.2, 0.25) is 0 Å². The highest BCUT2D eigenvalue weighted by molar-refractivity contribution is 5.82. The monoisotopic (exact) mass is 261 g/mol. The van der Waals surface area contributed by atoms with Gasteiger partial charge in [0.1, 0.15) is 5.82 Å². The van der Waals surface area contributed by atoms with E-state index in [1.54, 1.807) is 0 Å². The molecule has 4 rings (SSSR count). The molecule has 0 spiro atoms. The molecule has 4 heteroatoms. The minimum absolute atomic E-state index is 0.0505. The molecule has 1 aromatic heterocycles. The Balaban J connectivity index is 1.69. The summed E-state index contributed by atoms with van der Waals surface area (Å²) in [5, 5.41) is 0. The van der Waals surface area contributed by atoms with Crippen molar-refractivity contribution in [2.75, 3.05) is 7.05 Å². The molecule has 0 atom stereocenters. The number of aromatic nitrogens is 2. The number of carbonyl (C=O) groups is 1. The smallest absolute Gasteiger partial charge is 0.228 e. The van der Waals surface area contributed by atoms with Crippen molar-refractivity contribution in [1.82, 2.24) is 14.9 Å². The maximum Gasteiger partial charge on any atom is 0.228 e. The summed E-state index contributed by atoms with van der Waals surface area (Å²) >= 11 is 0. The summed E-state index contributed by atoms with van der Waals surface area (Å²) in [4.78, 5) is 22.1. The number of hydrogen-bond donors (Lipinski definition) is 1. The topological polar surface area (TPSA) is 49.0 Å². The highest BCUT2D eigenvalue weighted by Crippen LogP contribution is 2.51. The number of hydrogen-bond acceptors (Lipinski definition) is 2. The Kier molecular flexibility index (Phi) is 3.11. The van der Waals surface area contributed by atoms with Crippen LogP contribution < -0.4 is 0 Å². The zero-order valence-electron chi connectivity index (χ0n) is 11.9. The Bertz CT molecular complexity index is 458. The van der Waals surface area contributed by atoms with E-state index < -0.39 is 0 Å². The van der Waals surface area contributed by atoms with Gasteiger partial charge in [-0.2, -0.15) is 0 Å². The summed E-state index contributed by atoms with van der Waals surface area (Å²) in [5.41, 5.74) is 0.998. The summed E-state index contributed by atoms with van der Waals surface area (Å²) in [5.74, 6) is 2.11. The number of imidazole rings is 1. The van der Waals surface area contributed by atoms with Crippen molar-refractivity contribution in [3.05, 3.63) is 17.7 Å². The summed E-state index contributed by atoms with van der Waals surface area (Å²) in [6, 6.07) is 0. The van der Waals surface area contributed by atoms with Crippen LogP contribution in [0.3, 0.4) is 0 Å². The van der Waals surface area contributed by atoms with Crippen LogP contribution in [0.25, 0.3) is 0 Å². The minimum Gasteiger partial charge on any atom is -0.345 e. The van der Waals surface area contributed by atoms with Crippen molar-refractivity contribution < 1.29 is 4.79 Å². The maximum absolute atomic E-state index is 12.8. The molecule has 2 bridgehead atoms. The van der Waals surface area contributed by atoms with E-state index in [1.165, 1.54) is 19.3 Å². The van der Waals surface area contributed by atoms with E-state index in [9.17, 15) is 4.79 Å². The van der Waals surface area contributed by atoms with Crippen LogP contribution in [0.1, 0.15) is 50.0 Å². The van der Waals surface area contributed by atoms with Gasteiger partial charge >= 0.3 is 0 Å². The molecule has 19 heavy (non-hydrogen) atoms. The molecule has 0 radical (unpaired) electrons. The highest BCUT2D eigenvalue weighted by Gasteiger charge is 2.46. The van der Waals surface area contributed by atoms with Crippen molar-refractivity contribution in [3.63, 3.8) is 0 Å². The third-order valence-corrected chi connectivity index (χ3v) is 5.04. The fourth-order valence-electron chi connectivity index (χ4n) is 3.82. The Morgan fingerprint density at radius 1 is 1.42 bits per heavy atom. The number of rotatable bonds is 3. The van der Waals surface area contributed by atoms with Gasteiger partial charge in [-0.05, 0) is 51.4 Å². The molecule has 1 N–H and O–H groups in total. The first kappa shape index (κ1) is 12.7. The Morgan fingerprint density at radius 2 is 2.05 bits per heavy atom. The lowest BCUT2D eigenvalue weighted by atomic mass is 9.60. The molecule has 0 saturated heterocycles. The van der Waals surface area contributed by atoms with Crippen molar-refractivity contribution in [2.45, 2.75) is 52.0 Å². The highest BCUT2D eigenvalue weighted by atomic mass is 16.2. The van der Waals surface area contributed by atoms with E-state index in [2.05, 4.69) is 9.97 Å². The van der Waals surface area contributed by atoms with Gasteiger partial charge in [-0.25, -0.2) is 4.98 Å². The first-order valence-corrected chi connectivity index (χ1v) is 7.35. The average Bonchev–Trinajstić information content (AvgIpc) is 2.85. The van der Waals surface area contributed by atoms with Gasteiger partial charge in [0.15, 0.2) is 0 Å². The van der Waals surface area contributed by atoms with E-state index >= 15 is 0 Å². The molecule has 3 fully saturated rings. The molecule has 3 aliphatic carbocycles. The van der Waals surface area contributed by atoms with Crippen LogP contribution in [-0.2, 0) is 11.3 Å². The number of amides is 1. The molecule has 3 saturated carbocycles. The second-order valence-electron chi connectivity index (χ2n) is 6.44. The van der Waals surface area contributed by atoms with Crippen LogP contribution in [0.4, 0.5) is 0 Å². The fraction of sp³-hybridized carbons (Fsp3) is 0.733. The van der Waals surface area contributed by atoms with Crippen LogP contribution in [-0.4, -0.2) is 27.8 Å². The Hall–Kier alpha value is -1.32. The molecule has 1 amide bonds. The summed E-state index contributed by atoms with van der Waals surface area (Å²) in [6.45, 7) is 2.58. The van der Waals surface area contributed by atoms with Crippen LogP contribution in [0.15, 0.2) is 6.20 Å². The molecule has 3 aliphatic rings. The predicted molar refractivity (Wildman–Crippen MR) is 73.4 cm³/mol. The van der Waals surface area contributed by atoms with E-state index in [-0.39, 0.29) is 5.41 Å². The van der Waals surface area contributed by atoms with E-state index in [0.717, 1.165) is 36.7 Å². The van der Waals surface area contributed by atoms with Crippen molar-refractivity contribution in [3.8, 4) is 0 Å². The zero-order valence-corrected chi connectivity index (χ0v) is 11.9. The maximum atomic E-state index is 12.8. The second kappa shape index (κ2) is 4.66. The van der Waals surface area contributed by atoms with Crippen LogP contribution in [0, 0.1) is 18.3 Å². The predicted octanol–water partition coefficient (Wildman–Crippen LogP) is 2.65. The number of carbonyl (C=O) groups excluding carboxylic acids is 1. The number of nitrogens with zero attached hydrogens (tertiary/aromatic N) is 2. The molecular formula is C15H23N3O. The minimum atomic E-state index is -0.0505. The normalized spacial score (nSPS) is 29.5. The molecular weight excluding hydrogens is 238 g/mol. The lowest BCUT2D eigenvalue weighted by molar-refractivity contribution is -0.147. The molecule has 1 heterocycles. The van der Waals surface area contributed by atoms with Gasteiger partial charge in [0.25, 0.3) is 0 Å². The third-order valence-electron chi connectivity index (χ3n) is 5.04. The quantitative estimate of drug-likeness (QED) is 0.909. The number of H-pyrrole nitrogens is 1. The van der Waals surface area contributed by atoms with Crippen molar-refractivity contribution in [1.29, 1.82) is 0 Å². The van der Waals surface area contributed by atoms with E-state index in [0.29, 0.717) is 12.5 Å². The molecule has 0 aliphatic heterocycles. The molecule has 1 aromatic rings. The van der Waals surface area contributed by atoms with Crippen molar-refractivity contribution in [2.24, 2.45) is 11.3 Å². The van der Waals surface area contributed by atoms with Gasteiger partial charge in [0.05, 0.1) is 6.54 Å². The SMILES string of the molecule is Cc1cnc(CN(C)C(=O)C23CCC(CC2)CC3)[nH]1. The molecule has 0 unspecified atom stereocenters. The van der Waals surface area contributed by atoms with Crippen LogP contribution >= 0.6 is 0 Å². The zero-order chi connectivity index (χ0) is 13.5. The molecule has 0 aromatic carbocycles. The van der Waals surface area contributed by atoms with Gasteiger partial charge in [0, 0.05) is 24.4 Å². The second-order valence-corrected chi connectivity index (χ2v) is 6.44. The fourth-order valence-corrected chi connectivity index (χ4v) is 3.82. The van der Waals surface area contributed by atoms with Crippen molar-refractivity contribution >= 4 is 5.91 Å². The third kappa shape index (κ3) is 2.28. The summed E-state index contributed by atoms with van der Waals surface area (Å²) in [6.07, 6.45) is 8.85. The summed E-state index contributed by atoms with van der Waals surface area (Å²) < 4.78 is 0. The van der Waals surface area contributed by atoms with Gasteiger partial charge < -0.3 is 9.88 Å². The van der Waals surface area contributed by atoms with Gasteiger partial charge in [0.2, 0.25) is 5.91 Å². The number of aromatic amines is 1. The van der Waals surface area contributed by atoms with Gasteiger partial charge in [-0.15, -0.1) is 0 Å². The van der Waals surface area contributed by atoms with Crippen LogP contribution in [0.5, 0.6) is 0 Å². The standard InChI is InChI=1S/C15H23N3O/c1-11-9-16-13(17-11)10-18(2)14(19)15-6-3-12(4-7-15)5-8-15/h9,12H,3-8,10H2,1-2H3,(H,16,17). The lowest BCUT2D eigenvalue weighted by Crippen LogP contribution is -2.47. The van der Waals surface area contributed by atoms with Gasteiger partial charge in [-0.1, -0.05) is 0 Å². The summed E-state index contributed by atoms with van der Waals surface area (Å²) in [7, 11) is 1.91. The number of fused-ring (bicyclic) bond motifs is 3. The van der Waals surface area contributed by atoms with E-state index in [4.69, 9.17) is 0 Å². The molecule has 4 nitrogen and oxygen atoms in total. The molecule has 104 valence electrons. The van der Waals surface area contributed by atoms with Gasteiger partial charge in [-0.3, -0.25) is 4.79 Å². The number of aryl methyl sites for hydroxylation is 1. The first-order valence-electron chi connectivity index (χ1n) is 7.35. The van der Waals surface area contributed by atoms with E-state index in [1.807, 2.05) is 25.1 Å². The lowest BCUT2D eigenvalue weighted by Gasteiger charge is -2.46.